The first-order chi connectivity index (χ1) is 9.49. The molecule has 0 heterocycles. The fourth-order valence-corrected chi connectivity index (χ4v) is 2.72. The van der Waals surface area contributed by atoms with Gasteiger partial charge in [0.25, 0.3) is 0 Å². The minimum atomic E-state index is -0.812. The summed E-state index contributed by atoms with van der Waals surface area (Å²) in [5, 5.41) is 13.3. The molecule has 1 aliphatic rings. The molecule has 1 aromatic carbocycles. The highest BCUT2D eigenvalue weighted by atomic mass is 127. The molecule has 0 aliphatic heterocycles. The largest absolute Gasteiger partial charge is 0.443 e. The van der Waals surface area contributed by atoms with Gasteiger partial charge in [-0.3, -0.25) is 0 Å². The van der Waals surface area contributed by atoms with Gasteiger partial charge in [0.05, 0.1) is 0 Å². The molecule has 0 saturated heterocycles. The summed E-state index contributed by atoms with van der Waals surface area (Å²) in [5.41, 5.74) is 0.797. The molecule has 20 heavy (non-hydrogen) atoms. The Morgan fingerprint density at radius 3 is 2.60 bits per heavy atom. The van der Waals surface area contributed by atoms with Gasteiger partial charge in [0, 0.05) is 9.61 Å². The maximum atomic E-state index is 11.8. The Hall–Kier alpha value is -0.820. The Labute approximate surface area is 133 Å². The maximum absolute atomic E-state index is 11.8. The Kier molecular flexibility index (Phi) is 5.26. The van der Waals surface area contributed by atoms with Crippen molar-refractivity contribution in [2.45, 2.75) is 44.9 Å². The number of carbonyl (C=O) groups excluding carboxylic acids is 1. The molecule has 4 nitrogen and oxygen atoms in total. The van der Waals surface area contributed by atoms with Crippen LogP contribution in [0.4, 0.5) is 4.79 Å². The number of alkyl carbamates (subject to hydrolysis) is 1. The van der Waals surface area contributed by atoms with E-state index in [1.165, 1.54) is 0 Å². The normalized spacial score (nSPS) is 17.6. The van der Waals surface area contributed by atoms with Crippen molar-refractivity contribution in [1.29, 1.82) is 0 Å². The van der Waals surface area contributed by atoms with Crippen LogP contribution in [-0.4, -0.2) is 23.3 Å². The van der Waals surface area contributed by atoms with E-state index in [1.807, 2.05) is 38.1 Å². The number of hydrogen-bond donors (Lipinski definition) is 2. The van der Waals surface area contributed by atoms with Gasteiger partial charge in [-0.2, -0.15) is 0 Å². The van der Waals surface area contributed by atoms with E-state index in [2.05, 4.69) is 27.9 Å². The van der Waals surface area contributed by atoms with E-state index in [4.69, 9.17) is 4.74 Å². The molecular formula is C15H20INO3. The predicted molar refractivity (Wildman–Crippen MR) is 85.4 cm³/mol. The molecule has 0 unspecified atom stereocenters. The summed E-state index contributed by atoms with van der Waals surface area (Å²) < 4.78 is 6.40. The number of nitrogens with one attached hydrogen (secondary N) is 1. The topological polar surface area (TPSA) is 58.6 Å². The second-order valence-electron chi connectivity index (χ2n) is 5.50. The molecule has 1 saturated carbocycles. The summed E-state index contributed by atoms with van der Waals surface area (Å²) in [6, 6.07) is 7.85. The van der Waals surface area contributed by atoms with Gasteiger partial charge in [0.1, 0.15) is 12.2 Å². The minimum absolute atomic E-state index is 0.0333. The van der Waals surface area contributed by atoms with Gasteiger partial charge in [-0.25, -0.2) is 4.79 Å². The van der Waals surface area contributed by atoms with E-state index in [9.17, 15) is 9.90 Å². The van der Waals surface area contributed by atoms with E-state index in [1.54, 1.807) is 0 Å². The zero-order chi connectivity index (χ0) is 14.7. The van der Waals surface area contributed by atoms with E-state index >= 15 is 0 Å². The third kappa shape index (κ3) is 4.09. The molecule has 2 N–H and O–H groups in total. The lowest BCUT2D eigenvalue weighted by atomic mass is 9.96. The van der Waals surface area contributed by atoms with Crippen molar-refractivity contribution in [3.63, 3.8) is 0 Å². The van der Waals surface area contributed by atoms with Crippen LogP contribution in [0.1, 0.15) is 38.4 Å². The Morgan fingerprint density at radius 1 is 1.40 bits per heavy atom. The highest BCUT2D eigenvalue weighted by molar-refractivity contribution is 14.1. The summed E-state index contributed by atoms with van der Waals surface area (Å²) in [6.07, 6.45) is 0.232. The first kappa shape index (κ1) is 15.6. The highest BCUT2D eigenvalue weighted by Gasteiger charge is 2.31. The molecule has 2 rings (SSSR count). The van der Waals surface area contributed by atoms with E-state index in [0.29, 0.717) is 0 Å². The number of ether oxygens (including phenoxy) is 1. The van der Waals surface area contributed by atoms with Crippen LogP contribution in [0.5, 0.6) is 0 Å². The van der Waals surface area contributed by atoms with Gasteiger partial charge in [0.2, 0.25) is 0 Å². The monoisotopic (exact) mass is 389 g/mol. The van der Waals surface area contributed by atoms with Crippen LogP contribution < -0.4 is 5.32 Å². The third-order valence-electron chi connectivity index (χ3n) is 3.33. The quantitative estimate of drug-likeness (QED) is 0.761. The third-order valence-corrected chi connectivity index (χ3v) is 4.32. The summed E-state index contributed by atoms with van der Waals surface area (Å²) in [5.74, 6) is 0.0333. The second kappa shape index (κ2) is 6.76. The van der Waals surface area contributed by atoms with E-state index < -0.39 is 18.3 Å². The fraction of sp³-hybridized carbons (Fsp3) is 0.533. The number of rotatable bonds is 5. The van der Waals surface area contributed by atoms with Crippen LogP contribution in [0.2, 0.25) is 0 Å². The first-order valence-corrected chi connectivity index (χ1v) is 7.96. The molecule has 110 valence electrons. The molecule has 0 spiro atoms. The van der Waals surface area contributed by atoms with Gasteiger partial charge >= 0.3 is 6.09 Å². The molecule has 0 bridgehead atoms. The molecule has 0 radical (unpaired) electrons. The summed E-state index contributed by atoms with van der Waals surface area (Å²) >= 11 is 2.18. The Morgan fingerprint density at radius 2 is 2.05 bits per heavy atom. The van der Waals surface area contributed by atoms with Crippen molar-refractivity contribution < 1.29 is 14.6 Å². The maximum Gasteiger partial charge on any atom is 0.407 e. The average Bonchev–Trinajstić information content (AvgIpc) is 3.19. The number of aliphatic hydroxyl groups excluding tert-OH is 1. The van der Waals surface area contributed by atoms with Crippen molar-refractivity contribution in [3.8, 4) is 0 Å². The molecule has 1 aromatic rings. The number of aliphatic hydroxyl groups is 1. The van der Waals surface area contributed by atoms with Gasteiger partial charge < -0.3 is 15.2 Å². The van der Waals surface area contributed by atoms with E-state index in [-0.39, 0.29) is 12.0 Å². The fourth-order valence-electron chi connectivity index (χ4n) is 2.01. The summed E-state index contributed by atoms with van der Waals surface area (Å²) in [4.78, 5) is 11.8. The van der Waals surface area contributed by atoms with Crippen molar-refractivity contribution in [1.82, 2.24) is 5.32 Å². The Bertz CT molecular complexity index is 474. The number of halogens is 1. The van der Waals surface area contributed by atoms with Crippen LogP contribution in [0, 0.1) is 9.49 Å². The molecule has 0 aromatic heterocycles. The lowest BCUT2D eigenvalue weighted by molar-refractivity contribution is -0.0233. The number of benzene rings is 1. The van der Waals surface area contributed by atoms with Crippen molar-refractivity contribution in [2.24, 2.45) is 5.92 Å². The van der Waals surface area contributed by atoms with Crippen molar-refractivity contribution >= 4 is 28.7 Å². The predicted octanol–water partition coefficient (Wildman–Crippen LogP) is 3.24. The molecule has 1 fully saturated rings. The second-order valence-corrected chi connectivity index (χ2v) is 6.66. The number of hydrogen-bond acceptors (Lipinski definition) is 3. The number of carbonyl (C=O) groups is 1. The summed E-state index contributed by atoms with van der Waals surface area (Å²) in [7, 11) is 0. The van der Waals surface area contributed by atoms with Crippen LogP contribution in [0.15, 0.2) is 24.3 Å². The van der Waals surface area contributed by atoms with Crippen molar-refractivity contribution in [2.75, 3.05) is 0 Å². The average molecular weight is 389 g/mol. The SMILES string of the molecule is CC(C)[C@H](OC(=O)NC1CC1)[C@@H](O)c1ccccc1I. The van der Waals surface area contributed by atoms with Crippen molar-refractivity contribution in [3.05, 3.63) is 33.4 Å². The zero-order valence-electron chi connectivity index (χ0n) is 11.7. The highest BCUT2D eigenvalue weighted by Crippen LogP contribution is 2.28. The van der Waals surface area contributed by atoms with E-state index in [0.717, 1.165) is 22.0 Å². The number of amides is 1. The minimum Gasteiger partial charge on any atom is -0.443 e. The lowest BCUT2D eigenvalue weighted by Gasteiger charge is -2.27. The molecular weight excluding hydrogens is 369 g/mol. The first-order valence-electron chi connectivity index (χ1n) is 6.88. The van der Waals surface area contributed by atoms with Crippen LogP contribution in [0.25, 0.3) is 0 Å². The van der Waals surface area contributed by atoms with Gasteiger partial charge in [-0.05, 0) is 53.0 Å². The molecule has 5 heteroatoms. The Balaban J connectivity index is 2.07. The summed E-state index contributed by atoms with van der Waals surface area (Å²) in [6.45, 7) is 3.88. The molecule has 2 atom stereocenters. The zero-order valence-corrected chi connectivity index (χ0v) is 13.8. The lowest BCUT2D eigenvalue weighted by Crippen LogP contribution is -2.36. The standard InChI is InChI=1S/C15H20INO3/c1-9(2)14(20-15(19)17-10-7-8-10)13(18)11-5-3-4-6-12(11)16/h3-6,9-10,13-14,18H,7-8H2,1-2H3,(H,17,19)/t13-,14-/m0/s1. The van der Waals surface area contributed by atoms with Gasteiger partial charge in [-0.1, -0.05) is 32.0 Å². The molecule has 1 amide bonds. The van der Waals surface area contributed by atoms with Gasteiger partial charge in [0.15, 0.2) is 0 Å². The van der Waals surface area contributed by atoms with Crippen LogP contribution >= 0.6 is 22.6 Å². The van der Waals surface area contributed by atoms with Gasteiger partial charge in [-0.15, -0.1) is 0 Å². The molecule has 1 aliphatic carbocycles. The van der Waals surface area contributed by atoms with Crippen LogP contribution in [0.3, 0.4) is 0 Å². The van der Waals surface area contributed by atoms with Crippen LogP contribution in [-0.2, 0) is 4.74 Å². The smallest absolute Gasteiger partial charge is 0.407 e.